The summed E-state index contributed by atoms with van der Waals surface area (Å²) >= 11 is 1.82. The van der Waals surface area contributed by atoms with Gasteiger partial charge in [-0.25, -0.2) is 15.0 Å². The van der Waals surface area contributed by atoms with Crippen molar-refractivity contribution in [3.8, 4) is 45.3 Å². The molecule has 11 aromatic rings. The number of hydrogen-bond acceptors (Lipinski definition) is 6. The highest BCUT2D eigenvalue weighted by molar-refractivity contribution is 7.25. The van der Waals surface area contributed by atoms with E-state index >= 15 is 0 Å². The van der Waals surface area contributed by atoms with Gasteiger partial charge in [0.25, 0.3) is 0 Å². The molecule has 0 atom stereocenters. The Balaban J connectivity index is 1.16. The molecule has 0 bridgehead atoms. The Labute approximate surface area is 295 Å². The first-order valence-electron chi connectivity index (χ1n) is 16.8. The van der Waals surface area contributed by atoms with Gasteiger partial charge in [-0.1, -0.05) is 91.0 Å². The van der Waals surface area contributed by atoms with Crippen molar-refractivity contribution < 1.29 is 8.83 Å². The van der Waals surface area contributed by atoms with Crippen LogP contribution in [0.5, 0.6) is 0 Å². The quantitative estimate of drug-likeness (QED) is 0.186. The van der Waals surface area contributed by atoms with Crippen LogP contribution in [0.4, 0.5) is 0 Å². The van der Waals surface area contributed by atoms with Gasteiger partial charge >= 0.3 is 0 Å². The Morgan fingerprint density at radius 2 is 0.980 bits per heavy atom. The van der Waals surface area contributed by atoms with Gasteiger partial charge in [0.15, 0.2) is 17.5 Å². The number of para-hydroxylation sites is 2. The lowest BCUT2D eigenvalue weighted by Crippen LogP contribution is -2.00. The van der Waals surface area contributed by atoms with Crippen molar-refractivity contribution >= 4 is 75.4 Å². The molecule has 0 aliphatic rings. The number of hydrogen-bond donors (Lipinski definition) is 0. The first-order valence-corrected chi connectivity index (χ1v) is 17.7. The molecule has 0 saturated carbocycles. The molecule has 0 saturated heterocycles. The van der Waals surface area contributed by atoms with E-state index in [4.69, 9.17) is 23.8 Å². The van der Waals surface area contributed by atoms with E-state index in [1.165, 1.54) is 20.2 Å². The normalized spacial score (nSPS) is 11.9. The second-order valence-corrected chi connectivity index (χ2v) is 13.8. The van der Waals surface area contributed by atoms with Gasteiger partial charge < -0.3 is 8.83 Å². The Hall–Kier alpha value is -6.63. The number of fused-ring (bicyclic) bond motifs is 9. The molecule has 4 aromatic heterocycles. The van der Waals surface area contributed by atoms with Crippen LogP contribution < -0.4 is 0 Å². The first kappa shape index (κ1) is 28.2. The minimum atomic E-state index is 0.582. The summed E-state index contributed by atoms with van der Waals surface area (Å²) in [6.45, 7) is 0. The van der Waals surface area contributed by atoms with Crippen LogP contribution in [0, 0.1) is 0 Å². The molecule has 0 N–H and O–H groups in total. The van der Waals surface area contributed by atoms with Crippen molar-refractivity contribution in [3.63, 3.8) is 0 Å². The highest BCUT2D eigenvalue weighted by Gasteiger charge is 2.21. The molecule has 238 valence electrons. The minimum absolute atomic E-state index is 0.582. The summed E-state index contributed by atoms with van der Waals surface area (Å²) in [6.07, 6.45) is 0. The van der Waals surface area contributed by atoms with E-state index in [1.54, 1.807) is 0 Å². The van der Waals surface area contributed by atoms with Gasteiger partial charge in [-0.2, -0.15) is 0 Å². The fraction of sp³-hybridized carbons (Fsp3) is 0. The summed E-state index contributed by atoms with van der Waals surface area (Å²) in [5.41, 5.74) is 8.12. The molecule has 4 heterocycles. The average Bonchev–Trinajstić information content (AvgIpc) is 3.89. The largest absolute Gasteiger partial charge is 0.456 e. The van der Waals surface area contributed by atoms with Crippen LogP contribution in [0.15, 0.2) is 160 Å². The number of furan rings is 2. The first-order chi connectivity index (χ1) is 25.2. The molecular formula is C45H25N3O2S. The van der Waals surface area contributed by atoms with E-state index in [1.807, 2.05) is 84.1 Å². The van der Waals surface area contributed by atoms with Gasteiger partial charge in [-0.05, 0) is 66.2 Å². The maximum absolute atomic E-state index is 6.71. The molecule has 0 unspecified atom stereocenters. The predicted octanol–water partition coefficient (Wildman–Crippen LogP) is 12.7. The summed E-state index contributed by atoms with van der Waals surface area (Å²) in [5.74, 6) is 1.77. The third-order valence-corrected chi connectivity index (χ3v) is 10.9. The standard InChI is InChI=1S/C45H25N3O2S/c1-2-10-26(11-3-1)43-46-44(28-18-22-38-34(25-28)30-12-4-7-15-36(30)49-38)48-45(47-43)33-21-20-29(42-41(33)32-14-5-8-16-37(32)50-42)27-19-23-40-35(24-27)31-13-6-9-17-39(31)51-40/h1-25H. The van der Waals surface area contributed by atoms with Crippen LogP contribution in [-0.4, -0.2) is 15.0 Å². The summed E-state index contributed by atoms with van der Waals surface area (Å²) in [5, 5.41) is 6.59. The molecule has 0 amide bonds. The zero-order valence-corrected chi connectivity index (χ0v) is 27.8. The molecule has 0 aliphatic heterocycles. The molecule has 0 spiro atoms. The summed E-state index contributed by atoms with van der Waals surface area (Å²) in [6, 6.07) is 52.1. The highest BCUT2D eigenvalue weighted by Crippen LogP contribution is 2.43. The van der Waals surface area contributed by atoms with Gasteiger partial charge in [-0.15, -0.1) is 11.3 Å². The lowest BCUT2D eigenvalue weighted by atomic mass is 9.97. The van der Waals surface area contributed by atoms with Crippen LogP contribution in [-0.2, 0) is 0 Å². The Kier molecular flexibility index (Phi) is 6.05. The third-order valence-electron chi connectivity index (χ3n) is 9.76. The van der Waals surface area contributed by atoms with Gasteiger partial charge in [0.1, 0.15) is 22.3 Å². The van der Waals surface area contributed by atoms with Gasteiger partial charge in [-0.3, -0.25) is 0 Å². The number of benzene rings is 7. The Bertz CT molecular complexity index is 3160. The van der Waals surface area contributed by atoms with E-state index in [0.717, 1.165) is 71.7 Å². The van der Waals surface area contributed by atoms with Crippen molar-refractivity contribution in [1.29, 1.82) is 0 Å². The average molecular weight is 672 g/mol. The Morgan fingerprint density at radius 1 is 0.373 bits per heavy atom. The van der Waals surface area contributed by atoms with E-state index in [9.17, 15) is 0 Å². The van der Waals surface area contributed by atoms with Crippen molar-refractivity contribution in [1.82, 2.24) is 15.0 Å². The third kappa shape index (κ3) is 4.43. The summed E-state index contributed by atoms with van der Waals surface area (Å²) in [7, 11) is 0. The van der Waals surface area contributed by atoms with Crippen LogP contribution in [0.1, 0.15) is 0 Å². The van der Waals surface area contributed by atoms with Crippen molar-refractivity contribution in [3.05, 3.63) is 152 Å². The van der Waals surface area contributed by atoms with Crippen molar-refractivity contribution in [2.24, 2.45) is 0 Å². The summed E-state index contributed by atoms with van der Waals surface area (Å²) in [4.78, 5) is 15.4. The number of thiophene rings is 1. The molecule has 7 aromatic carbocycles. The second kappa shape index (κ2) is 10.9. The lowest BCUT2D eigenvalue weighted by Gasteiger charge is -2.11. The minimum Gasteiger partial charge on any atom is -0.456 e. The van der Waals surface area contributed by atoms with Crippen LogP contribution >= 0.6 is 11.3 Å². The Morgan fingerprint density at radius 3 is 1.84 bits per heavy atom. The number of rotatable bonds is 4. The van der Waals surface area contributed by atoms with Crippen LogP contribution in [0.2, 0.25) is 0 Å². The van der Waals surface area contributed by atoms with Crippen LogP contribution in [0.3, 0.4) is 0 Å². The maximum Gasteiger partial charge on any atom is 0.164 e. The van der Waals surface area contributed by atoms with E-state index in [0.29, 0.717) is 17.5 Å². The fourth-order valence-corrected chi connectivity index (χ4v) is 8.43. The molecule has 5 nitrogen and oxygen atoms in total. The monoisotopic (exact) mass is 671 g/mol. The number of aromatic nitrogens is 3. The SMILES string of the molecule is c1ccc(-c2nc(-c3ccc4oc5ccccc5c4c3)nc(-c3ccc(-c4ccc5sc6ccccc6c5c4)c4oc5ccccc5c34)n2)cc1. The molecule has 51 heavy (non-hydrogen) atoms. The molecule has 0 aliphatic carbocycles. The fourth-order valence-electron chi connectivity index (χ4n) is 7.34. The van der Waals surface area contributed by atoms with Crippen molar-refractivity contribution in [2.45, 2.75) is 0 Å². The molecule has 11 rings (SSSR count). The van der Waals surface area contributed by atoms with E-state index in [-0.39, 0.29) is 0 Å². The topological polar surface area (TPSA) is 65.0 Å². The zero-order chi connectivity index (χ0) is 33.5. The lowest BCUT2D eigenvalue weighted by molar-refractivity contribution is 0.669. The van der Waals surface area contributed by atoms with Gasteiger partial charge in [0.05, 0.1) is 0 Å². The molecular weight excluding hydrogens is 647 g/mol. The smallest absolute Gasteiger partial charge is 0.164 e. The second-order valence-electron chi connectivity index (χ2n) is 12.8. The van der Waals surface area contributed by atoms with E-state index < -0.39 is 0 Å². The maximum atomic E-state index is 6.71. The predicted molar refractivity (Wildman–Crippen MR) is 209 cm³/mol. The molecule has 0 radical (unpaired) electrons. The van der Waals surface area contributed by atoms with Crippen LogP contribution in [0.25, 0.3) is 109 Å². The van der Waals surface area contributed by atoms with Gasteiger partial charge in [0, 0.05) is 64.0 Å². The molecule has 6 heteroatoms. The number of nitrogens with zero attached hydrogens (tertiary/aromatic N) is 3. The van der Waals surface area contributed by atoms with Crippen molar-refractivity contribution in [2.75, 3.05) is 0 Å². The van der Waals surface area contributed by atoms with E-state index in [2.05, 4.69) is 78.9 Å². The van der Waals surface area contributed by atoms with Gasteiger partial charge in [0.2, 0.25) is 0 Å². The zero-order valence-electron chi connectivity index (χ0n) is 27.0. The highest BCUT2D eigenvalue weighted by atomic mass is 32.1. The summed E-state index contributed by atoms with van der Waals surface area (Å²) < 4.78 is 15.4. The molecule has 0 fully saturated rings.